The fourth-order valence-corrected chi connectivity index (χ4v) is 4.54. The van der Waals surface area contributed by atoms with Crippen LogP contribution in [0.4, 0.5) is 10.1 Å². The van der Waals surface area contributed by atoms with Gasteiger partial charge in [0.1, 0.15) is 18.1 Å². The molecule has 1 aliphatic rings. The van der Waals surface area contributed by atoms with Crippen LogP contribution >= 0.6 is 0 Å². The van der Waals surface area contributed by atoms with Gasteiger partial charge in [-0.25, -0.2) is 4.39 Å². The predicted octanol–water partition coefficient (Wildman–Crippen LogP) is 4.21. The van der Waals surface area contributed by atoms with E-state index in [0.29, 0.717) is 17.3 Å². The van der Waals surface area contributed by atoms with E-state index < -0.39 is 17.8 Å². The molecule has 1 N–H and O–H groups in total. The van der Waals surface area contributed by atoms with E-state index in [1.165, 1.54) is 40.2 Å². The van der Waals surface area contributed by atoms with Gasteiger partial charge in [0.2, 0.25) is 5.82 Å². The van der Waals surface area contributed by atoms with Gasteiger partial charge in [0.25, 0.3) is 11.8 Å². The molecule has 10 heteroatoms. The topological polar surface area (TPSA) is 106 Å². The minimum Gasteiger partial charge on any atom is -0.467 e. The van der Waals surface area contributed by atoms with Crippen molar-refractivity contribution in [3.63, 3.8) is 0 Å². The number of anilines is 1. The van der Waals surface area contributed by atoms with Crippen LogP contribution in [0.3, 0.4) is 0 Å². The van der Waals surface area contributed by atoms with Crippen molar-refractivity contribution in [1.82, 2.24) is 25.5 Å². The number of aryl methyl sites for hydroxylation is 1. The molecule has 0 bridgehead atoms. The third kappa shape index (κ3) is 5.58. The number of aromatic nitrogens is 4. The molecule has 2 aromatic carbocycles. The molecule has 0 radical (unpaired) electrons. The lowest BCUT2D eigenvalue weighted by atomic mass is 10.1. The van der Waals surface area contributed by atoms with Crippen LogP contribution in [0.15, 0.2) is 71.3 Å². The molecule has 0 spiro atoms. The predicted molar refractivity (Wildman–Crippen MR) is 134 cm³/mol. The van der Waals surface area contributed by atoms with Crippen LogP contribution in [0.25, 0.3) is 11.4 Å². The summed E-state index contributed by atoms with van der Waals surface area (Å²) in [5.74, 6) is -0.640. The molecule has 9 nitrogen and oxygen atoms in total. The average Bonchev–Trinajstić information content (AvgIpc) is 3.67. The number of tetrazole rings is 1. The van der Waals surface area contributed by atoms with Gasteiger partial charge in [-0.3, -0.25) is 14.5 Å². The fraction of sp³-hybridized carbons (Fsp3) is 0.296. The summed E-state index contributed by atoms with van der Waals surface area (Å²) in [6, 6.07) is 15.3. The third-order valence-electron chi connectivity index (χ3n) is 6.43. The van der Waals surface area contributed by atoms with Crippen molar-refractivity contribution in [3.05, 3.63) is 84.1 Å². The van der Waals surface area contributed by atoms with E-state index in [1.54, 1.807) is 12.1 Å². The van der Waals surface area contributed by atoms with Crippen molar-refractivity contribution in [2.24, 2.45) is 0 Å². The van der Waals surface area contributed by atoms with E-state index in [-0.39, 0.29) is 18.5 Å². The molecule has 0 aliphatic heterocycles. The first-order chi connectivity index (χ1) is 18.0. The maximum atomic E-state index is 13.8. The Bertz CT molecular complexity index is 1350. The Labute approximate surface area is 213 Å². The Hall–Kier alpha value is -4.34. The molecule has 37 heavy (non-hydrogen) atoms. The molecule has 2 heterocycles. The van der Waals surface area contributed by atoms with Crippen molar-refractivity contribution in [1.29, 1.82) is 0 Å². The Morgan fingerprint density at radius 2 is 1.84 bits per heavy atom. The highest BCUT2D eigenvalue weighted by molar-refractivity contribution is 6.01. The standard InChI is InChI=1S/C27H27FN6O3/c1-18-8-10-19(11-9-18)26-30-32-33(31-26)17-24(35)34(22-14-12-20(28)13-15-22)25(23-7-4-16-37-23)27(36)29-21-5-2-3-6-21/h4,7-16,21,25H,2-3,5-6,17H2,1H3,(H,29,36). The van der Waals surface area contributed by atoms with Crippen LogP contribution in [0.2, 0.25) is 0 Å². The zero-order valence-electron chi connectivity index (χ0n) is 20.4. The molecule has 1 unspecified atom stereocenters. The summed E-state index contributed by atoms with van der Waals surface area (Å²) < 4.78 is 19.4. The zero-order valence-corrected chi connectivity index (χ0v) is 20.4. The van der Waals surface area contributed by atoms with E-state index in [1.807, 2.05) is 31.2 Å². The lowest BCUT2D eigenvalue weighted by Crippen LogP contribution is -2.47. The molecule has 5 rings (SSSR count). The Morgan fingerprint density at radius 1 is 1.11 bits per heavy atom. The third-order valence-corrected chi connectivity index (χ3v) is 6.43. The van der Waals surface area contributed by atoms with Crippen LogP contribution < -0.4 is 10.2 Å². The first kappa shape index (κ1) is 24.4. The number of nitrogens with zero attached hydrogens (tertiary/aromatic N) is 5. The molecule has 0 saturated heterocycles. The molecule has 190 valence electrons. The normalized spacial score (nSPS) is 14.4. The average molecular weight is 503 g/mol. The van der Waals surface area contributed by atoms with Crippen molar-refractivity contribution in [2.75, 3.05) is 4.90 Å². The summed E-state index contributed by atoms with van der Waals surface area (Å²) >= 11 is 0. The zero-order chi connectivity index (χ0) is 25.8. The maximum Gasteiger partial charge on any atom is 0.251 e. The van der Waals surface area contributed by atoms with Gasteiger partial charge in [0.05, 0.1) is 6.26 Å². The van der Waals surface area contributed by atoms with E-state index in [9.17, 15) is 14.0 Å². The minimum atomic E-state index is -1.10. The SMILES string of the molecule is Cc1ccc(-c2nnn(CC(=O)N(c3ccc(F)cc3)C(C(=O)NC3CCCC3)c3ccco3)n2)cc1. The number of hydrogen-bond acceptors (Lipinski definition) is 6. The van der Waals surface area contributed by atoms with E-state index in [2.05, 4.69) is 20.7 Å². The van der Waals surface area contributed by atoms with Gasteiger partial charge in [-0.1, -0.05) is 42.7 Å². The molecular weight excluding hydrogens is 475 g/mol. The number of furan rings is 1. The number of halogens is 1. The largest absolute Gasteiger partial charge is 0.467 e. The van der Waals surface area contributed by atoms with Gasteiger partial charge in [-0.2, -0.15) is 4.80 Å². The van der Waals surface area contributed by atoms with Gasteiger partial charge in [0.15, 0.2) is 6.04 Å². The highest BCUT2D eigenvalue weighted by Gasteiger charge is 2.36. The summed E-state index contributed by atoms with van der Waals surface area (Å²) in [6.45, 7) is 1.69. The molecule has 1 aliphatic carbocycles. The van der Waals surface area contributed by atoms with Crippen LogP contribution in [-0.4, -0.2) is 38.1 Å². The molecular formula is C27H27FN6O3. The number of hydrogen-bond donors (Lipinski definition) is 1. The first-order valence-electron chi connectivity index (χ1n) is 12.2. The monoisotopic (exact) mass is 502 g/mol. The second-order valence-electron chi connectivity index (χ2n) is 9.16. The summed E-state index contributed by atoms with van der Waals surface area (Å²) in [4.78, 5) is 29.8. The Balaban J connectivity index is 1.46. The second kappa shape index (κ2) is 10.7. The maximum absolute atomic E-state index is 13.8. The Kier molecular flexibility index (Phi) is 7.07. The number of benzene rings is 2. The first-order valence-corrected chi connectivity index (χ1v) is 12.2. The van der Waals surface area contributed by atoms with Crippen LogP contribution in [0, 0.1) is 12.7 Å². The fourth-order valence-electron chi connectivity index (χ4n) is 4.54. The van der Waals surface area contributed by atoms with E-state index >= 15 is 0 Å². The summed E-state index contributed by atoms with van der Waals surface area (Å²) in [5, 5.41) is 15.5. The quantitative estimate of drug-likeness (QED) is 0.387. The smallest absolute Gasteiger partial charge is 0.251 e. The van der Waals surface area contributed by atoms with Gasteiger partial charge in [0, 0.05) is 17.3 Å². The van der Waals surface area contributed by atoms with Gasteiger partial charge in [-0.05, 0) is 61.4 Å². The highest BCUT2D eigenvalue weighted by Crippen LogP contribution is 2.30. The lowest BCUT2D eigenvalue weighted by molar-refractivity contribution is -0.128. The number of carbonyl (C=O) groups excluding carboxylic acids is 2. The number of amides is 2. The molecule has 4 aromatic rings. The number of rotatable bonds is 8. The van der Waals surface area contributed by atoms with Crippen molar-refractivity contribution in [3.8, 4) is 11.4 Å². The summed E-state index contributed by atoms with van der Waals surface area (Å²) in [7, 11) is 0. The minimum absolute atomic E-state index is 0.0316. The molecule has 1 saturated carbocycles. The van der Waals surface area contributed by atoms with Crippen molar-refractivity contribution >= 4 is 17.5 Å². The van der Waals surface area contributed by atoms with E-state index in [4.69, 9.17) is 4.42 Å². The van der Waals surface area contributed by atoms with E-state index in [0.717, 1.165) is 36.8 Å². The van der Waals surface area contributed by atoms with Gasteiger partial charge >= 0.3 is 0 Å². The summed E-state index contributed by atoms with van der Waals surface area (Å²) in [5.41, 5.74) is 2.21. The molecule has 2 amide bonds. The van der Waals surface area contributed by atoms with Gasteiger partial charge in [-0.15, -0.1) is 10.2 Å². The lowest BCUT2D eigenvalue weighted by Gasteiger charge is -2.30. The highest BCUT2D eigenvalue weighted by atomic mass is 19.1. The van der Waals surface area contributed by atoms with Crippen LogP contribution in [-0.2, 0) is 16.1 Å². The molecule has 1 fully saturated rings. The number of carbonyl (C=O) groups is 2. The van der Waals surface area contributed by atoms with Crippen molar-refractivity contribution in [2.45, 2.75) is 51.2 Å². The molecule has 1 atom stereocenters. The number of nitrogens with one attached hydrogen (secondary N) is 1. The van der Waals surface area contributed by atoms with Crippen molar-refractivity contribution < 1.29 is 18.4 Å². The van der Waals surface area contributed by atoms with Gasteiger partial charge < -0.3 is 9.73 Å². The second-order valence-corrected chi connectivity index (χ2v) is 9.16. The summed E-state index contributed by atoms with van der Waals surface area (Å²) in [6.07, 6.45) is 5.29. The molecule has 2 aromatic heterocycles. The Morgan fingerprint density at radius 3 is 2.51 bits per heavy atom. The van der Waals surface area contributed by atoms with Crippen LogP contribution in [0.1, 0.15) is 43.0 Å². The van der Waals surface area contributed by atoms with Crippen LogP contribution in [0.5, 0.6) is 0 Å².